The average Bonchev–Trinajstić information content (AvgIpc) is 2.44. The van der Waals surface area contributed by atoms with Crippen LogP contribution in [0.2, 0.25) is 10.0 Å². The molecule has 0 bridgehead atoms. The van der Waals surface area contributed by atoms with Crippen LogP contribution in [0.3, 0.4) is 0 Å². The molecule has 0 spiro atoms. The molecule has 1 aliphatic rings. The summed E-state index contributed by atoms with van der Waals surface area (Å²) >= 11 is 11.9. The molecule has 1 heterocycles. The standard InChI is InChI=1S/C16H24Cl2N2/c1-13-5-2-3-9-20(13)10-4-8-19-12-14-6-7-15(17)16(18)11-14/h6-7,11,13,19H,2-5,8-10,12H2,1H3/p+2/t13-/m0/s1. The fourth-order valence-corrected chi connectivity index (χ4v) is 3.35. The Balaban J connectivity index is 1.62. The largest absolute Gasteiger partial charge is 0.342 e. The van der Waals surface area contributed by atoms with E-state index in [1.165, 1.54) is 50.9 Å². The molecule has 2 nitrogen and oxygen atoms in total. The van der Waals surface area contributed by atoms with Gasteiger partial charge in [0, 0.05) is 12.0 Å². The van der Waals surface area contributed by atoms with Crippen molar-refractivity contribution in [2.24, 2.45) is 0 Å². The van der Waals surface area contributed by atoms with Gasteiger partial charge in [-0.3, -0.25) is 0 Å². The summed E-state index contributed by atoms with van der Waals surface area (Å²) in [6.45, 7) is 7.26. The van der Waals surface area contributed by atoms with Crippen LogP contribution in [-0.4, -0.2) is 25.7 Å². The SMILES string of the molecule is C[C@H]1CCCC[NH+]1CCC[NH2+]Cc1ccc(Cl)c(Cl)c1. The maximum absolute atomic E-state index is 6.02. The molecule has 3 N–H and O–H groups in total. The van der Waals surface area contributed by atoms with Crippen LogP contribution in [-0.2, 0) is 6.54 Å². The number of benzene rings is 1. The number of hydrogen-bond donors (Lipinski definition) is 2. The van der Waals surface area contributed by atoms with Crippen LogP contribution < -0.4 is 10.2 Å². The third-order valence-electron chi connectivity index (χ3n) is 4.35. The molecule has 0 aliphatic carbocycles. The molecule has 2 atom stereocenters. The quantitative estimate of drug-likeness (QED) is 0.748. The molecule has 0 aromatic heterocycles. The van der Waals surface area contributed by atoms with Crippen molar-refractivity contribution in [2.45, 2.75) is 45.2 Å². The lowest BCUT2D eigenvalue weighted by atomic mass is 10.0. The number of hydrogen-bond acceptors (Lipinski definition) is 0. The highest BCUT2D eigenvalue weighted by Crippen LogP contribution is 2.21. The molecule has 1 aliphatic heterocycles. The fraction of sp³-hybridized carbons (Fsp3) is 0.625. The minimum absolute atomic E-state index is 0.637. The molecule has 0 radical (unpaired) electrons. The molecule has 1 unspecified atom stereocenters. The van der Waals surface area contributed by atoms with Crippen LogP contribution >= 0.6 is 23.2 Å². The Hall–Kier alpha value is -0.280. The first-order chi connectivity index (χ1) is 9.66. The smallest absolute Gasteiger partial charge is 0.101 e. The molecule has 20 heavy (non-hydrogen) atoms. The predicted octanol–water partition coefficient (Wildman–Crippen LogP) is 1.90. The Morgan fingerprint density at radius 3 is 2.85 bits per heavy atom. The summed E-state index contributed by atoms with van der Waals surface area (Å²) in [5.74, 6) is 0. The lowest BCUT2D eigenvalue weighted by Crippen LogP contribution is -3.16. The molecule has 1 fully saturated rings. The van der Waals surface area contributed by atoms with Crippen molar-refractivity contribution in [3.8, 4) is 0 Å². The second-order valence-corrected chi connectivity index (χ2v) is 6.75. The molecular weight excluding hydrogens is 291 g/mol. The van der Waals surface area contributed by atoms with Gasteiger partial charge >= 0.3 is 0 Å². The van der Waals surface area contributed by atoms with E-state index in [2.05, 4.69) is 18.3 Å². The van der Waals surface area contributed by atoms with E-state index in [0.29, 0.717) is 10.0 Å². The first-order valence-electron chi connectivity index (χ1n) is 7.77. The molecule has 0 amide bonds. The monoisotopic (exact) mass is 316 g/mol. The molecule has 0 saturated carbocycles. The van der Waals surface area contributed by atoms with Gasteiger partial charge in [-0.25, -0.2) is 0 Å². The van der Waals surface area contributed by atoms with Crippen molar-refractivity contribution in [3.63, 3.8) is 0 Å². The number of nitrogens with one attached hydrogen (secondary N) is 1. The lowest BCUT2D eigenvalue weighted by molar-refractivity contribution is -0.930. The summed E-state index contributed by atoms with van der Waals surface area (Å²) in [5.41, 5.74) is 1.25. The molecule has 112 valence electrons. The third-order valence-corrected chi connectivity index (χ3v) is 5.09. The van der Waals surface area contributed by atoms with Gasteiger partial charge in [-0.15, -0.1) is 0 Å². The number of quaternary nitrogens is 2. The lowest BCUT2D eigenvalue weighted by Gasteiger charge is -2.29. The maximum Gasteiger partial charge on any atom is 0.101 e. The fourth-order valence-electron chi connectivity index (χ4n) is 3.03. The zero-order chi connectivity index (χ0) is 14.4. The van der Waals surface area contributed by atoms with Gasteiger partial charge in [0.25, 0.3) is 0 Å². The zero-order valence-corrected chi connectivity index (χ0v) is 13.8. The van der Waals surface area contributed by atoms with Gasteiger partial charge in [0.15, 0.2) is 0 Å². The van der Waals surface area contributed by atoms with Crippen molar-refractivity contribution >= 4 is 23.2 Å². The van der Waals surface area contributed by atoms with E-state index in [1.807, 2.05) is 12.1 Å². The van der Waals surface area contributed by atoms with Crippen LogP contribution in [0.4, 0.5) is 0 Å². The third kappa shape index (κ3) is 4.92. The van der Waals surface area contributed by atoms with E-state index in [1.54, 1.807) is 4.90 Å². The van der Waals surface area contributed by atoms with Gasteiger partial charge in [0.2, 0.25) is 0 Å². The van der Waals surface area contributed by atoms with E-state index >= 15 is 0 Å². The highest BCUT2D eigenvalue weighted by atomic mass is 35.5. The van der Waals surface area contributed by atoms with Gasteiger partial charge in [0.1, 0.15) is 6.54 Å². The van der Waals surface area contributed by atoms with Gasteiger partial charge < -0.3 is 10.2 Å². The minimum Gasteiger partial charge on any atom is -0.342 e. The summed E-state index contributed by atoms with van der Waals surface area (Å²) in [7, 11) is 0. The van der Waals surface area contributed by atoms with Crippen LogP contribution in [0.5, 0.6) is 0 Å². The van der Waals surface area contributed by atoms with E-state index in [0.717, 1.165) is 12.6 Å². The van der Waals surface area contributed by atoms with Crippen molar-refractivity contribution in [2.75, 3.05) is 19.6 Å². The van der Waals surface area contributed by atoms with Crippen molar-refractivity contribution in [1.29, 1.82) is 0 Å². The molecule has 1 aromatic carbocycles. The summed E-state index contributed by atoms with van der Waals surface area (Å²) in [4.78, 5) is 1.80. The van der Waals surface area contributed by atoms with Crippen molar-refractivity contribution in [3.05, 3.63) is 33.8 Å². The summed E-state index contributed by atoms with van der Waals surface area (Å²) in [6, 6.07) is 6.77. The topological polar surface area (TPSA) is 21.1 Å². The van der Waals surface area contributed by atoms with Crippen LogP contribution in [0.25, 0.3) is 0 Å². The zero-order valence-electron chi connectivity index (χ0n) is 12.3. The second kappa shape index (κ2) is 8.23. The second-order valence-electron chi connectivity index (χ2n) is 5.94. The predicted molar refractivity (Wildman–Crippen MR) is 85.6 cm³/mol. The summed E-state index contributed by atoms with van der Waals surface area (Å²) in [5, 5.41) is 3.66. The van der Waals surface area contributed by atoms with E-state index in [-0.39, 0.29) is 0 Å². The molecule has 1 saturated heterocycles. The van der Waals surface area contributed by atoms with Crippen LogP contribution in [0, 0.1) is 0 Å². The van der Waals surface area contributed by atoms with Crippen LogP contribution in [0.1, 0.15) is 38.2 Å². The normalized spacial score (nSPS) is 22.9. The number of likely N-dealkylation sites (tertiary alicyclic amines) is 1. The Kier molecular flexibility index (Phi) is 6.63. The highest BCUT2D eigenvalue weighted by molar-refractivity contribution is 6.41. The number of nitrogens with two attached hydrogens (primary N) is 1. The summed E-state index contributed by atoms with van der Waals surface area (Å²) < 4.78 is 0. The number of halogens is 2. The number of piperidine rings is 1. The number of rotatable bonds is 6. The van der Waals surface area contributed by atoms with Crippen molar-refractivity contribution < 1.29 is 10.2 Å². The van der Waals surface area contributed by atoms with Crippen LogP contribution in [0.15, 0.2) is 18.2 Å². The van der Waals surface area contributed by atoms with Crippen molar-refractivity contribution in [1.82, 2.24) is 0 Å². The first-order valence-corrected chi connectivity index (χ1v) is 8.52. The Bertz CT molecular complexity index is 423. The Morgan fingerprint density at radius 1 is 1.25 bits per heavy atom. The Morgan fingerprint density at radius 2 is 2.10 bits per heavy atom. The van der Waals surface area contributed by atoms with Gasteiger partial charge in [0.05, 0.1) is 35.7 Å². The Labute approximate surface area is 132 Å². The van der Waals surface area contributed by atoms with E-state index in [4.69, 9.17) is 23.2 Å². The van der Waals surface area contributed by atoms with Gasteiger partial charge in [-0.1, -0.05) is 29.3 Å². The van der Waals surface area contributed by atoms with Gasteiger partial charge in [-0.2, -0.15) is 0 Å². The highest BCUT2D eigenvalue weighted by Gasteiger charge is 2.20. The molecule has 4 heteroatoms. The average molecular weight is 317 g/mol. The van der Waals surface area contributed by atoms with Gasteiger partial charge in [-0.05, 0) is 38.3 Å². The molecule has 1 aromatic rings. The van der Waals surface area contributed by atoms with E-state index in [9.17, 15) is 0 Å². The summed E-state index contributed by atoms with van der Waals surface area (Å²) in [6.07, 6.45) is 5.53. The molecule has 2 rings (SSSR count). The maximum atomic E-state index is 6.02. The molecular formula is C16H26Cl2N2+2. The first kappa shape index (κ1) is 16.1. The van der Waals surface area contributed by atoms with E-state index < -0.39 is 0 Å². The minimum atomic E-state index is 0.637.